The quantitative estimate of drug-likeness (QED) is 0.140. The second kappa shape index (κ2) is 18.1. The third-order valence-electron chi connectivity index (χ3n) is 16.7. The van der Waals surface area contributed by atoms with Crippen LogP contribution >= 0.6 is 0 Å². The standard InChI is InChI=1S/C72H56N2/c1-72(53-28-7-3-8-29-53)64-40-15-11-36-62(64)71-61(39-22-41-65(71)72)58-34-13-17-43-67(58)74(66-42-16-12-33-57(66)60-38-21-26-50-25-20-37-56(70(50)60)49-23-5-2-6-24-49)55-32-19-27-51(47-55)52-45-46-69-63(48-52)59-35-14-18-44-68(59)73(69)54-30-9-4-10-31-54/h3-4,7-22,25-49H,2,5-6,23-24H2,1H3. The maximum atomic E-state index is 2.56. The van der Waals surface area contributed by atoms with Gasteiger partial charge >= 0.3 is 0 Å². The normalized spacial score (nSPS) is 15.4. The highest BCUT2D eigenvalue weighted by Crippen LogP contribution is 2.57. The maximum Gasteiger partial charge on any atom is 0.0541 e. The summed E-state index contributed by atoms with van der Waals surface area (Å²) in [6.07, 6.45) is 6.40. The summed E-state index contributed by atoms with van der Waals surface area (Å²) in [4.78, 5) is 2.56. The van der Waals surface area contributed by atoms with Crippen LogP contribution < -0.4 is 4.90 Å². The van der Waals surface area contributed by atoms with Gasteiger partial charge in [-0.1, -0.05) is 219 Å². The van der Waals surface area contributed by atoms with Crippen LogP contribution in [-0.2, 0) is 5.41 Å². The highest BCUT2D eigenvalue weighted by Gasteiger charge is 2.42. The molecule has 14 rings (SSSR count). The summed E-state index contributed by atoms with van der Waals surface area (Å²) in [5.41, 5.74) is 22.0. The first-order valence-corrected chi connectivity index (χ1v) is 26.6. The number of hydrogen-bond acceptors (Lipinski definition) is 1. The fourth-order valence-electron chi connectivity index (χ4n) is 13.2. The third kappa shape index (κ3) is 7.07. The van der Waals surface area contributed by atoms with E-state index >= 15 is 0 Å². The Kier molecular flexibility index (Phi) is 10.8. The van der Waals surface area contributed by atoms with Gasteiger partial charge < -0.3 is 9.47 Å². The number of para-hydroxylation sites is 4. The molecule has 1 atom stereocenters. The Morgan fingerprint density at radius 3 is 1.80 bits per heavy atom. The molecule has 74 heavy (non-hydrogen) atoms. The van der Waals surface area contributed by atoms with Crippen LogP contribution in [0.5, 0.6) is 0 Å². The molecule has 1 saturated carbocycles. The van der Waals surface area contributed by atoms with Gasteiger partial charge in [0.25, 0.3) is 0 Å². The summed E-state index contributed by atoms with van der Waals surface area (Å²) >= 11 is 0. The highest BCUT2D eigenvalue weighted by molar-refractivity contribution is 6.11. The van der Waals surface area contributed by atoms with Crippen LogP contribution in [0.25, 0.3) is 82.8 Å². The lowest BCUT2D eigenvalue weighted by molar-refractivity contribution is 0.445. The minimum Gasteiger partial charge on any atom is -0.309 e. The van der Waals surface area contributed by atoms with Crippen LogP contribution in [0.2, 0.25) is 0 Å². The molecule has 0 aliphatic heterocycles. The molecule has 0 N–H and O–H groups in total. The molecule has 0 spiro atoms. The van der Waals surface area contributed by atoms with Gasteiger partial charge in [0.15, 0.2) is 0 Å². The van der Waals surface area contributed by atoms with E-state index in [4.69, 9.17) is 0 Å². The number of benzene rings is 11. The van der Waals surface area contributed by atoms with E-state index in [1.165, 1.54) is 131 Å². The molecule has 354 valence electrons. The van der Waals surface area contributed by atoms with Gasteiger partial charge in [-0.05, 0) is 147 Å². The van der Waals surface area contributed by atoms with E-state index in [0.29, 0.717) is 5.92 Å². The van der Waals surface area contributed by atoms with Crippen molar-refractivity contribution < 1.29 is 0 Å². The summed E-state index contributed by atoms with van der Waals surface area (Å²) in [7, 11) is 0. The Labute approximate surface area is 434 Å². The molecule has 1 fully saturated rings. The van der Waals surface area contributed by atoms with Crippen molar-refractivity contribution in [2.45, 2.75) is 50.4 Å². The molecule has 1 heterocycles. The van der Waals surface area contributed by atoms with E-state index in [9.17, 15) is 0 Å². The SMILES string of the molecule is CC1(c2ccccc2)c2ccccc2-c2c(-c3ccccc3N(c3cccc(-c4ccc5c(c4)c4ccccc4n5-c4ccccc4)c3)c3ccccc3-c3cccc4cccc(C5CCCCC5)c34)cccc21. The van der Waals surface area contributed by atoms with E-state index in [1.807, 2.05) is 0 Å². The lowest BCUT2D eigenvalue weighted by atomic mass is 9.74. The van der Waals surface area contributed by atoms with Gasteiger partial charge in [0.1, 0.15) is 0 Å². The summed E-state index contributed by atoms with van der Waals surface area (Å²) in [6.45, 7) is 2.42. The number of rotatable bonds is 9. The monoisotopic (exact) mass is 948 g/mol. The van der Waals surface area contributed by atoms with Crippen LogP contribution in [-0.4, -0.2) is 4.57 Å². The van der Waals surface area contributed by atoms with Crippen molar-refractivity contribution in [3.63, 3.8) is 0 Å². The number of aromatic nitrogens is 1. The second-order valence-corrected chi connectivity index (χ2v) is 20.7. The summed E-state index contributed by atoms with van der Waals surface area (Å²) < 4.78 is 2.40. The zero-order valence-electron chi connectivity index (χ0n) is 41.8. The Morgan fingerprint density at radius 2 is 1.00 bits per heavy atom. The average Bonchev–Trinajstić information content (AvgIpc) is 4.00. The van der Waals surface area contributed by atoms with Crippen LogP contribution in [0, 0.1) is 0 Å². The number of fused-ring (bicyclic) bond motifs is 7. The van der Waals surface area contributed by atoms with Crippen molar-refractivity contribution in [3.05, 3.63) is 277 Å². The minimum absolute atomic E-state index is 0.322. The molecule has 2 heteroatoms. The van der Waals surface area contributed by atoms with Gasteiger partial charge in [0.05, 0.1) is 22.4 Å². The van der Waals surface area contributed by atoms with Crippen LogP contribution in [0.4, 0.5) is 17.1 Å². The number of anilines is 3. The predicted molar refractivity (Wildman–Crippen MR) is 313 cm³/mol. The van der Waals surface area contributed by atoms with E-state index in [-0.39, 0.29) is 5.41 Å². The van der Waals surface area contributed by atoms with Crippen molar-refractivity contribution in [2.24, 2.45) is 0 Å². The summed E-state index contributed by atoms with van der Waals surface area (Å²) in [6, 6.07) is 95.3. The van der Waals surface area contributed by atoms with Crippen molar-refractivity contribution in [1.82, 2.24) is 4.57 Å². The first-order valence-electron chi connectivity index (χ1n) is 26.6. The molecule has 1 unspecified atom stereocenters. The van der Waals surface area contributed by atoms with Gasteiger partial charge in [-0.15, -0.1) is 0 Å². The molecule has 0 radical (unpaired) electrons. The van der Waals surface area contributed by atoms with E-state index in [0.717, 1.165) is 22.7 Å². The summed E-state index contributed by atoms with van der Waals surface area (Å²) in [5, 5.41) is 5.18. The Morgan fingerprint density at radius 1 is 0.419 bits per heavy atom. The smallest absolute Gasteiger partial charge is 0.0541 e. The Bertz CT molecular complexity index is 4080. The van der Waals surface area contributed by atoms with Gasteiger partial charge in [-0.3, -0.25) is 0 Å². The van der Waals surface area contributed by atoms with Crippen LogP contribution in [0.15, 0.2) is 255 Å². The molecule has 2 nitrogen and oxygen atoms in total. The fourth-order valence-corrected chi connectivity index (χ4v) is 13.2. The van der Waals surface area contributed by atoms with Crippen molar-refractivity contribution in [3.8, 4) is 50.2 Å². The lowest BCUT2D eigenvalue weighted by Crippen LogP contribution is -2.22. The zero-order valence-corrected chi connectivity index (χ0v) is 41.8. The molecular weight excluding hydrogens is 893 g/mol. The van der Waals surface area contributed by atoms with Gasteiger partial charge in [0.2, 0.25) is 0 Å². The topological polar surface area (TPSA) is 8.17 Å². The average molecular weight is 949 g/mol. The highest BCUT2D eigenvalue weighted by atomic mass is 15.1. The lowest BCUT2D eigenvalue weighted by Gasteiger charge is -2.31. The zero-order chi connectivity index (χ0) is 49.2. The molecule has 11 aromatic carbocycles. The molecule has 0 amide bonds. The maximum absolute atomic E-state index is 2.56. The van der Waals surface area contributed by atoms with Gasteiger partial charge in [0, 0.05) is 38.7 Å². The molecular formula is C72H56N2. The molecule has 2 aliphatic carbocycles. The van der Waals surface area contributed by atoms with E-state index in [2.05, 4.69) is 271 Å². The predicted octanol–water partition coefficient (Wildman–Crippen LogP) is 19.8. The largest absolute Gasteiger partial charge is 0.309 e. The van der Waals surface area contributed by atoms with E-state index < -0.39 is 0 Å². The molecule has 1 aromatic heterocycles. The first-order chi connectivity index (χ1) is 36.6. The van der Waals surface area contributed by atoms with Gasteiger partial charge in [-0.2, -0.15) is 0 Å². The molecule has 2 aliphatic rings. The summed E-state index contributed by atoms with van der Waals surface area (Å²) in [5.74, 6) is 0.554. The number of hydrogen-bond donors (Lipinski definition) is 0. The Hall–Kier alpha value is -8.72. The minimum atomic E-state index is -0.322. The van der Waals surface area contributed by atoms with Crippen molar-refractivity contribution in [2.75, 3.05) is 4.90 Å². The molecule has 12 aromatic rings. The third-order valence-corrected chi connectivity index (χ3v) is 16.7. The first kappa shape index (κ1) is 44.0. The van der Waals surface area contributed by atoms with Crippen LogP contribution in [0.1, 0.15) is 67.2 Å². The van der Waals surface area contributed by atoms with Crippen LogP contribution in [0.3, 0.4) is 0 Å². The van der Waals surface area contributed by atoms with Crippen molar-refractivity contribution in [1.29, 1.82) is 0 Å². The number of nitrogens with zero attached hydrogens (tertiary/aromatic N) is 2. The molecule has 0 bridgehead atoms. The van der Waals surface area contributed by atoms with Gasteiger partial charge in [-0.25, -0.2) is 0 Å². The second-order valence-electron chi connectivity index (χ2n) is 20.7. The fraction of sp³-hybridized carbons (Fsp3) is 0.111. The van der Waals surface area contributed by atoms with Crippen molar-refractivity contribution >= 4 is 49.6 Å². The molecule has 0 saturated heterocycles. The van der Waals surface area contributed by atoms with E-state index in [1.54, 1.807) is 0 Å². The Balaban J connectivity index is 1.00.